The zero-order chi connectivity index (χ0) is 14.7. The Bertz CT molecular complexity index is 656. The second-order valence-corrected chi connectivity index (χ2v) is 6.10. The van der Waals surface area contributed by atoms with Crippen LogP contribution in [0.15, 0.2) is 40.9 Å². The van der Waals surface area contributed by atoms with Crippen LogP contribution in [-0.2, 0) is 0 Å². The molecule has 0 bridgehead atoms. The van der Waals surface area contributed by atoms with Crippen LogP contribution in [0.1, 0.15) is 15.9 Å². The number of ether oxygens (including phenoxy) is 2. The number of hydrogen-bond acceptors (Lipinski definition) is 3. The third-order valence-electron chi connectivity index (χ3n) is 2.82. The van der Waals surface area contributed by atoms with Gasteiger partial charge >= 0.3 is 0 Å². The van der Waals surface area contributed by atoms with Crippen LogP contribution in [0, 0.1) is 3.57 Å². The van der Waals surface area contributed by atoms with Crippen LogP contribution < -0.4 is 9.47 Å². The SMILES string of the molecule is COc1ccc(C(=O)c2cc(Br)ccc2I)cc1OC. The lowest BCUT2D eigenvalue weighted by Crippen LogP contribution is -2.04. The summed E-state index contributed by atoms with van der Waals surface area (Å²) in [7, 11) is 3.12. The predicted molar refractivity (Wildman–Crippen MR) is 89.8 cm³/mol. The van der Waals surface area contributed by atoms with Crippen molar-refractivity contribution in [3.63, 3.8) is 0 Å². The first-order chi connectivity index (χ1) is 9.56. The maximum absolute atomic E-state index is 12.6. The molecule has 0 aliphatic heterocycles. The van der Waals surface area contributed by atoms with Gasteiger partial charge < -0.3 is 9.47 Å². The molecule has 5 heteroatoms. The van der Waals surface area contributed by atoms with Crippen LogP contribution in [0.25, 0.3) is 0 Å². The first-order valence-corrected chi connectivity index (χ1v) is 7.65. The molecule has 2 rings (SSSR count). The predicted octanol–water partition coefficient (Wildman–Crippen LogP) is 4.30. The molecule has 3 nitrogen and oxygen atoms in total. The molecule has 0 aromatic heterocycles. The highest BCUT2D eigenvalue weighted by atomic mass is 127. The lowest BCUT2D eigenvalue weighted by atomic mass is 10.0. The molecule has 0 radical (unpaired) electrons. The van der Waals surface area contributed by atoms with E-state index >= 15 is 0 Å². The summed E-state index contributed by atoms with van der Waals surface area (Å²) in [5.41, 5.74) is 1.23. The third-order valence-corrected chi connectivity index (χ3v) is 4.25. The number of hydrogen-bond donors (Lipinski definition) is 0. The van der Waals surface area contributed by atoms with E-state index in [0.717, 1.165) is 8.04 Å². The second-order valence-electron chi connectivity index (χ2n) is 4.02. The van der Waals surface area contributed by atoms with Crippen LogP contribution in [-0.4, -0.2) is 20.0 Å². The minimum absolute atomic E-state index is 0.0448. The van der Waals surface area contributed by atoms with Crippen molar-refractivity contribution in [2.24, 2.45) is 0 Å². The maximum Gasteiger partial charge on any atom is 0.194 e. The van der Waals surface area contributed by atoms with Gasteiger partial charge in [-0.2, -0.15) is 0 Å². The number of ketones is 1. The molecule has 0 fully saturated rings. The highest BCUT2D eigenvalue weighted by Crippen LogP contribution is 2.29. The quantitative estimate of drug-likeness (QED) is 0.518. The van der Waals surface area contributed by atoms with Gasteiger partial charge in [0.05, 0.1) is 14.2 Å². The van der Waals surface area contributed by atoms with Crippen molar-refractivity contribution in [3.8, 4) is 11.5 Å². The average molecular weight is 447 g/mol. The van der Waals surface area contributed by atoms with Crippen LogP contribution in [0.5, 0.6) is 11.5 Å². The molecule has 20 heavy (non-hydrogen) atoms. The fraction of sp³-hybridized carbons (Fsp3) is 0.133. The molecule has 0 aliphatic carbocycles. The van der Waals surface area contributed by atoms with Gasteiger partial charge in [0.15, 0.2) is 17.3 Å². The normalized spacial score (nSPS) is 10.2. The number of benzene rings is 2. The van der Waals surface area contributed by atoms with E-state index in [1.54, 1.807) is 32.4 Å². The Morgan fingerprint density at radius 2 is 1.75 bits per heavy atom. The summed E-state index contributed by atoms with van der Waals surface area (Å²) in [6.07, 6.45) is 0. The number of rotatable bonds is 4. The van der Waals surface area contributed by atoms with Gasteiger partial charge in [-0.05, 0) is 59.0 Å². The van der Waals surface area contributed by atoms with E-state index in [2.05, 4.69) is 38.5 Å². The zero-order valence-electron chi connectivity index (χ0n) is 10.9. The highest BCUT2D eigenvalue weighted by molar-refractivity contribution is 14.1. The molecular formula is C15H12BrIO3. The van der Waals surface area contributed by atoms with Crippen molar-refractivity contribution in [1.29, 1.82) is 0 Å². The molecule has 0 unspecified atom stereocenters. The maximum atomic E-state index is 12.6. The molecule has 0 heterocycles. The molecular weight excluding hydrogens is 435 g/mol. The highest BCUT2D eigenvalue weighted by Gasteiger charge is 2.15. The molecule has 0 atom stereocenters. The van der Waals surface area contributed by atoms with Crippen molar-refractivity contribution in [2.45, 2.75) is 0 Å². The average Bonchev–Trinajstić information content (AvgIpc) is 2.48. The minimum Gasteiger partial charge on any atom is -0.493 e. The van der Waals surface area contributed by atoms with Crippen LogP contribution in [0.2, 0.25) is 0 Å². The van der Waals surface area contributed by atoms with Crippen LogP contribution >= 0.6 is 38.5 Å². The first-order valence-electron chi connectivity index (χ1n) is 5.78. The fourth-order valence-electron chi connectivity index (χ4n) is 1.80. The Morgan fingerprint density at radius 3 is 2.40 bits per heavy atom. The number of halogens is 2. The summed E-state index contributed by atoms with van der Waals surface area (Å²) < 4.78 is 12.2. The zero-order valence-corrected chi connectivity index (χ0v) is 14.7. The summed E-state index contributed by atoms with van der Waals surface area (Å²) in [5.74, 6) is 1.10. The van der Waals surface area contributed by atoms with Crippen molar-refractivity contribution in [1.82, 2.24) is 0 Å². The Labute approximate surface area is 139 Å². The molecule has 0 amide bonds. The fourth-order valence-corrected chi connectivity index (χ4v) is 2.75. The number of carbonyl (C=O) groups is 1. The van der Waals surface area contributed by atoms with E-state index in [0.29, 0.717) is 22.6 Å². The third kappa shape index (κ3) is 3.15. The summed E-state index contributed by atoms with van der Waals surface area (Å²) in [6, 6.07) is 10.8. The Balaban J connectivity index is 2.45. The largest absolute Gasteiger partial charge is 0.493 e. The van der Waals surface area contributed by atoms with Crippen LogP contribution in [0.4, 0.5) is 0 Å². The van der Waals surface area contributed by atoms with Gasteiger partial charge in [0.2, 0.25) is 0 Å². The van der Waals surface area contributed by atoms with Gasteiger partial charge in [0.1, 0.15) is 0 Å². The first kappa shape index (κ1) is 15.3. The summed E-state index contributed by atoms with van der Waals surface area (Å²) in [4.78, 5) is 12.6. The molecule has 2 aromatic carbocycles. The van der Waals surface area contributed by atoms with Crippen molar-refractivity contribution in [3.05, 3.63) is 55.6 Å². The Hall–Kier alpha value is -1.08. The van der Waals surface area contributed by atoms with Crippen LogP contribution in [0.3, 0.4) is 0 Å². The summed E-state index contributed by atoms with van der Waals surface area (Å²) >= 11 is 5.54. The Kier molecular flexibility index (Phi) is 5.04. The molecule has 0 saturated carbocycles. The summed E-state index contributed by atoms with van der Waals surface area (Å²) in [5, 5.41) is 0. The van der Waals surface area contributed by atoms with Gasteiger partial charge in [-0.3, -0.25) is 4.79 Å². The lowest BCUT2D eigenvalue weighted by Gasteiger charge is -2.10. The topological polar surface area (TPSA) is 35.5 Å². The van der Waals surface area contributed by atoms with Gasteiger partial charge in [0, 0.05) is 19.2 Å². The molecule has 104 valence electrons. The molecule has 0 N–H and O–H groups in total. The number of carbonyl (C=O) groups excluding carboxylic acids is 1. The number of methoxy groups -OCH3 is 2. The van der Waals surface area contributed by atoms with Gasteiger partial charge in [-0.15, -0.1) is 0 Å². The molecule has 2 aromatic rings. The van der Waals surface area contributed by atoms with E-state index in [1.165, 1.54) is 0 Å². The van der Waals surface area contributed by atoms with E-state index in [9.17, 15) is 4.79 Å². The lowest BCUT2D eigenvalue weighted by molar-refractivity contribution is 0.103. The van der Waals surface area contributed by atoms with Gasteiger partial charge in [-0.1, -0.05) is 15.9 Å². The Morgan fingerprint density at radius 1 is 1.05 bits per heavy atom. The van der Waals surface area contributed by atoms with Gasteiger partial charge in [-0.25, -0.2) is 0 Å². The monoisotopic (exact) mass is 446 g/mol. The molecule has 0 spiro atoms. The smallest absolute Gasteiger partial charge is 0.194 e. The van der Waals surface area contributed by atoms with Crippen molar-refractivity contribution >= 4 is 44.3 Å². The minimum atomic E-state index is -0.0448. The van der Waals surface area contributed by atoms with Gasteiger partial charge in [0.25, 0.3) is 0 Å². The van der Waals surface area contributed by atoms with Crippen molar-refractivity contribution in [2.75, 3.05) is 14.2 Å². The molecule has 0 aliphatic rings. The van der Waals surface area contributed by atoms with E-state index in [1.807, 2.05) is 18.2 Å². The standard InChI is InChI=1S/C15H12BrIO3/c1-19-13-6-3-9(7-14(13)20-2)15(18)11-8-10(16)4-5-12(11)17/h3-8H,1-2H3. The van der Waals surface area contributed by atoms with E-state index < -0.39 is 0 Å². The summed E-state index contributed by atoms with van der Waals surface area (Å²) in [6.45, 7) is 0. The second kappa shape index (κ2) is 6.58. The van der Waals surface area contributed by atoms with E-state index in [4.69, 9.17) is 9.47 Å². The molecule has 0 saturated heterocycles. The van der Waals surface area contributed by atoms with Crippen molar-refractivity contribution < 1.29 is 14.3 Å². The van der Waals surface area contributed by atoms with E-state index in [-0.39, 0.29) is 5.78 Å².